The minimum Gasteiger partial charge on any atom is -0.508 e. The van der Waals surface area contributed by atoms with E-state index >= 15 is 0 Å². The molecule has 18 heavy (non-hydrogen) atoms. The normalized spacial score (nSPS) is 13.9. The number of phenols is 1. The quantitative estimate of drug-likeness (QED) is 0.780. The van der Waals surface area contributed by atoms with Crippen LogP contribution >= 0.6 is 11.6 Å². The van der Waals surface area contributed by atoms with Crippen LogP contribution in [0.5, 0.6) is 5.75 Å². The Morgan fingerprint density at radius 2 is 2.22 bits per heavy atom. The van der Waals surface area contributed by atoms with Crippen molar-refractivity contribution in [2.75, 3.05) is 5.88 Å². The summed E-state index contributed by atoms with van der Waals surface area (Å²) in [7, 11) is 0. The summed E-state index contributed by atoms with van der Waals surface area (Å²) in [5, 5.41) is 12.3. The summed E-state index contributed by atoms with van der Waals surface area (Å²) in [5.74, 6) is 0.658. The van der Waals surface area contributed by atoms with Gasteiger partial charge in [0, 0.05) is 11.4 Å². The Morgan fingerprint density at radius 3 is 2.78 bits per heavy atom. The minimum atomic E-state index is -0.254. The number of aromatic hydroxyl groups is 1. The molecule has 3 nitrogen and oxygen atoms in total. The molecule has 4 heteroatoms. The van der Waals surface area contributed by atoms with Crippen molar-refractivity contribution in [1.29, 1.82) is 0 Å². The van der Waals surface area contributed by atoms with Crippen LogP contribution in [0.15, 0.2) is 24.3 Å². The first kappa shape index (κ1) is 14.8. The Kier molecular flexibility index (Phi) is 5.48. The second-order valence-electron chi connectivity index (χ2n) is 4.75. The summed E-state index contributed by atoms with van der Waals surface area (Å²) < 4.78 is 0. The zero-order chi connectivity index (χ0) is 13.6. The van der Waals surface area contributed by atoms with Gasteiger partial charge in [-0.3, -0.25) is 4.79 Å². The first-order valence-electron chi connectivity index (χ1n) is 6.14. The summed E-state index contributed by atoms with van der Waals surface area (Å²) in [6.07, 6.45) is 1.86. The van der Waals surface area contributed by atoms with Gasteiger partial charge in [-0.05, 0) is 37.5 Å². The van der Waals surface area contributed by atoms with Crippen molar-refractivity contribution in [3.8, 4) is 5.75 Å². The predicted molar refractivity (Wildman–Crippen MR) is 74.0 cm³/mol. The molecule has 0 aliphatic rings. The molecule has 1 unspecified atom stereocenters. The smallest absolute Gasteiger partial charge is 0.224 e. The van der Waals surface area contributed by atoms with Gasteiger partial charge >= 0.3 is 0 Å². The van der Waals surface area contributed by atoms with Gasteiger partial charge in [-0.2, -0.15) is 0 Å². The highest BCUT2D eigenvalue weighted by atomic mass is 35.5. The standard InChI is InChI=1S/C14H20ClNO2/c1-3-14(2,7-8-15)16-13(18)10-11-5-4-6-12(17)9-11/h4-6,9,17H,3,7-8,10H2,1-2H3,(H,16,18). The molecule has 100 valence electrons. The fraction of sp³-hybridized carbons (Fsp3) is 0.500. The van der Waals surface area contributed by atoms with Gasteiger partial charge in [0.1, 0.15) is 5.75 Å². The number of hydrogen-bond acceptors (Lipinski definition) is 2. The number of alkyl halides is 1. The third kappa shape index (κ3) is 4.57. The molecule has 0 aliphatic heterocycles. The number of phenolic OH excluding ortho intramolecular Hbond substituents is 1. The van der Waals surface area contributed by atoms with Gasteiger partial charge in [-0.1, -0.05) is 19.1 Å². The van der Waals surface area contributed by atoms with E-state index < -0.39 is 0 Å². The first-order chi connectivity index (χ1) is 8.49. The molecular formula is C14H20ClNO2. The molecule has 0 aromatic heterocycles. The molecule has 0 heterocycles. The van der Waals surface area contributed by atoms with Crippen LogP contribution in [0.1, 0.15) is 32.3 Å². The lowest BCUT2D eigenvalue weighted by Gasteiger charge is -2.29. The molecule has 0 fully saturated rings. The predicted octanol–water partition coefficient (Wildman–Crippen LogP) is 2.85. The van der Waals surface area contributed by atoms with Gasteiger partial charge in [0.05, 0.1) is 6.42 Å². The third-order valence-electron chi connectivity index (χ3n) is 3.14. The van der Waals surface area contributed by atoms with E-state index in [1.807, 2.05) is 19.9 Å². The van der Waals surface area contributed by atoms with Crippen molar-refractivity contribution >= 4 is 17.5 Å². The van der Waals surface area contributed by atoms with E-state index in [-0.39, 0.29) is 23.6 Å². The summed E-state index contributed by atoms with van der Waals surface area (Å²) in [4.78, 5) is 11.9. The van der Waals surface area contributed by atoms with Crippen LogP contribution in [-0.2, 0) is 11.2 Å². The molecule has 0 spiro atoms. The molecule has 1 amide bonds. The van der Waals surface area contributed by atoms with E-state index in [1.54, 1.807) is 18.2 Å². The van der Waals surface area contributed by atoms with Crippen LogP contribution in [0.3, 0.4) is 0 Å². The van der Waals surface area contributed by atoms with Crippen molar-refractivity contribution in [1.82, 2.24) is 5.32 Å². The summed E-state index contributed by atoms with van der Waals surface area (Å²) in [5.41, 5.74) is 0.548. The van der Waals surface area contributed by atoms with Crippen molar-refractivity contribution < 1.29 is 9.90 Å². The Balaban J connectivity index is 2.61. The number of halogens is 1. The van der Waals surface area contributed by atoms with E-state index in [0.717, 1.165) is 18.4 Å². The fourth-order valence-corrected chi connectivity index (χ4v) is 2.19. The van der Waals surface area contributed by atoms with Gasteiger partial charge in [0.2, 0.25) is 5.91 Å². The lowest BCUT2D eigenvalue weighted by molar-refractivity contribution is -0.122. The molecule has 0 aliphatic carbocycles. The molecule has 1 rings (SSSR count). The number of nitrogens with one attached hydrogen (secondary N) is 1. The molecule has 2 N–H and O–H groups in total. The highest BCUT2D eigenvalue weighted by Crippen LogP contribution is 2.16. The highest BCUT2D eigenvalue weighted by Gasteiger charge is 2.23. The summed E-state index contributed by atoms with van der Waals surface area (Å²) in [6, 6.07) is 6.75. The van der Waals surface area contributed by atoms with Gasteiger partial charge in [-0.15, -0.1) is 11.6 Å². The average molecular weight is 270 g/mol. The van der Waals surface area contributed by atoms with Crippen LogP contribution in [0.2, 0.25) is 0 Å². The second kappa shape index (κ2) is 6.64. The molecular weight excluding hydrogens is 250 g/mol. The van der Waals surface area contributed by atoms with Crippen LogP contribution in [0.4, 0.5) is 0 Å². The fourth-order valence-electron chi connectivity index (χ4n) is 1.77. The Morgan fingerprint density at radius 1 is 1.50 bits per heavy atom. The molecule has 1 atom stereocenters. The molecule has 0 saturated carbocycles. The Labute approximate surface area is 113 Å². The first-order valence-corrected chi connectivity index (χ1v) is 6.67. The van der Waals surface area contributed by atoms with E-state index in [2.05, 4.69) is 5.32 Å². The topological polar surface area (TPSA) is 49.3 Å². The lowest BCUT2D eigenvalue weighted by atomic mass is 9.95. The van der Waals surface area contributed by atoms with Crippen LogP contribution < -0.4 is 5.32 Å². The lowest BCUT2D eigenvalue weighted by Crippen LogP contribution is -2.46. The third-order valence-corrected chi connectivity index (χ3v) is 3.33. The van der Waals surface area contributed by atoms with E-state index in [0.29, 0.717) is 5.88 Å². The Bertz CT molecular complexity index is 409. The van der Waals surface area contributed by atoms with Crippen LogP contribution in [-0.4, -0.2) is 22.4 Å². The van der Waals surface area contributed by atoms with Crippen molar-refractivity contribution in [2.24, 2.45) is 0 Å². The minimum absolute atomic E-state index is 0.0462. The molecule has 0 saturated heterocycles. The number of rotatable bonds is 6. The van der Waals surface area contributed by atoms with Gasteiger partial charge < -0.3 is 10.4 Å². The van der Waals surface area contributed by atoms with Gasteiger partial charge in [0.15, 0.2) is 0 Å². The average Bonchev–Trinajstić information content (AvgIpc) is 2.29. The molecule has 1 aromatic rings. The number of carbonyl (C=O) groups is 1. The largest absolute Gasteiger partial charge is 0.508 e. The summed E-state index contributed by atoms with van der Waals surface area (Å²) >= 11 is 5.74. The SMILES string of the molecule is CCC(C)(CCCl)NC(=O)Cc1cccc(O)c1. The zero-order valence-corrected chi connectivity index (χ0v) is 11.6. The van der Waals surface area contributed by atoms with Gasteiger partial charge in [0.25, 0.3) is 0 Å². The zero-order valence-electron chi connectivity index (χ0n) is 10.9. The number of hydrogen-bond donors (Lipinski definition) is 2. The maximum Gasteiger partial charge on any atom is 0.224 e. The number of carbonyl (C=O) groups excluding carboxylic acids is 1. The maximum atomic E-state index is 11.9. The highest BCUT2D eigenvalue weighted by molar-refractivity contribution is 6.17. The van der Waals surface area contributed by atoms with E-state index in [4.69, 9.17) is 11.6 Å². The second-order valence-corrected chi connectivity index (χ2v) is 5.13. The monoisotopic (exact) mass is 269 g/mol. The maximum absolute atomic E-state index is 11.9. The van der Waals surface area contributed by atoms with Crippen molar-refractivity contribution in [3.63, 3.8) is 0 Å². The van der Waals surface area contributed by atoms with Crippen molar-refractivity contribution in [2.45, 2.75) is 38.6 Å². The van der Waals surface area contributed by atoms with E-state index in [1.165, 1.54) is 0 Å². The number of benzene rings is 1. The van der Waals surface area contributed by atoms with Crippen molar-refractivity contribution in [3.05, 3.63) is 29.8 Å². The molecule has 1 aromatic carbocycles. The van der Waals surface area contributed by atoms with Crippen LogP contribution in [0, 0.1) is 0 Å². The molecule has 0 bridgehead atoms. The number of amides is 1. The Hall–Kier alpha value is -1.22. The summed E-state index contributed by atoms with van der Waals surface area (Å²) in [6.45, 7) is 4.02. The van der Waals surface area contributed by atoms with Gasteiger partial charge in [-0.25, -0.2) is 0 Å². The van der Waals surface area contributed by atoms with E-state index in [9.17, 15) is 9.90 Å². The van der Waals surface area contributed by atoms with Crippen LogP contribution in [0.25, 0.3) is 0 Å². The molecule has 0 radical (unpaired) electrons.